The van der Waals surface area contributed by atoms with Crippen molar-refractivity contribution in [2.45, 2.75) is 19.4 Å². The third-order valence-corrected chi connectivity index (χ3v) is 7.90. The summed E-state index contributed by atoms with van der Waals surface area (Å²) in [5.74, 6) is -0.418. The van der Waals surface area contributed by atoms with Gasteiger partial charge in [-0.25, -0.2) is 14.6 Å². The summed E-state index contributed by atoms with van der Waals surface area (Å²) < 4.78 is 11.4. The van der Waals surface area contributed by atoms with Crippen LogP contribution in [-0.4, -0.2) is 11.0 Å². The van der Waals surface area contributed by atoms with Crippen LogP contribution in [0.4, 0.5) is 0 Å². The Morgan fingerprint density at radius 2 is 1.82 bits per heavy atom. The van der Waals surface area contributed by atoms with Crippen molar-refractivity contribution < 1.29 is 13.9 Å². The molecule has 1 aliphatic carbocycles. The number of fused-ring (bicyclic) bond motifs is 5. The molecule has 38 heavy (non-hydrogen) atoms. The van der Waals surface area contributed by atoms with E-state index in [1.165, 1.54) is 6.07 Å². The number of esters is 1. The first-order valence-corrected chi connectivity index (χ1v) is 13.3. The van der Waals surface area contributed by atoms with Gasteiger partial charge in [-0.3, -0.25) is 0 Å². The molecule has 3 aromatic carbocycles. The summed E-state index contributed by atoms with van der Waals surface area (Å²) in [5, 5.41) is 5.57. The van der Waals surface area contributed by atoms with E-state index in [9.17, 15) is 9.59 Å². The van der Waals surface area contributed by atoms with E-state index in [2.05, 4.69) is 17.5 Å². The van der Waals surface area contributed by atoms with Crippen molar-refractivity contribution in [3.63, 3.8) is 0 Å². The van der Waals surface area contributed by atoms with E-state index in [0.717, 1.165) is 61.6 Å². The van der Waals surface area contributed by atoms with Crippen LogP contribution in [0.1, 0.15) is 38.5 Å². The van der Waals surface area contributed by atoms with Crippen molar-refractivity contribution in [2.24, 2.45) is 0 Å². The molecule has 0 saturated carbocycles. The summed E-state index contributed by atoms with van der Waals surface area (Å²) in [6, 6.07) is 24.8. The molecule has 0 atom stereocenters. The Morgan fingerprint density at radius 3 is 2.68 bits per heavy atom. The molecule has 0 unspecified atom stereocenters. The molecule has 7 rings (SSSR count). The average Bonchev–Trinajstić information content (AvgIpc) is 3.60. The highest BCUT2D eigenvalue weighted by atomic mass is 32.1. The summed E-state index contributed by atoms with van der Waals surface area (Å²) in [7, 11) is 0. The normalized spacial score (nSPS) is 13.9. The Morgan fingerprint density at radius 1 is 0.974 bits per heavy atom. The number of aromatic nitrogens is 1. The van der Waals surface area contributed by atoms with Crippen LogP contribution in [0.3, 0.4) is 0 Å². The number of hydrogen-bond acceptors (Lipinski definition) is 6. The summed E-state index contributed by atoms with van der Waals surface area (Å²) in [4.78, 5) is 32.2. The molecule has 6 aromatic rings. The van der Waals surface area contributed by atoms with Gasteiger partial charge >= 0.3 is 11.6 Å². The molecule has 3 aromatic heterocycles. The van der Waals surface area contributed by atoms with Crippen molar-refractivity contribution in [3.05, 3.63) is 122 Å². The van der Waals surface area contributed by atoms with Crippen LogP contribution in [-0.2, 0) is 17.8 Å². The summed E-state index contributed by atoms with van der Waals surface area (Å²) >= 11 is 1.68. The van der Waals surface area contributed by atoms with Gasteiger partial charge in [-0.1, -0.05) is 54.6 Å². The molecule has 5 nitrogen and oxygen atoms in total. The van der Waals surface area contributed by atoms with E-state index < -0.39 is 11.6 Å². The monoisotopic (exact) mass is 515 g/mol. The number of carbonyl (C=O) groups is 1. The molecule has 0 saturated heterocycles. The minimum absolute atomic E-state index is 0.0434. The van der Waals surface area contributed by atoms with E-state index in [0.29, 0.717) is 16.7 Å². The van der Waals surface area contributed by atoms with Gasteiger partial charge in [0.15, 0.2) is 0 Å². The van der Waals surface area contributed by atoms with E-state index in [4.69, 9.17) is 14.1 Å². The molecule has 1 aliphatic rings. The average molecular weight is 516 g/mol. The smallest absolute Gasteiger partial charge is 0.339 e. The van der Waals surface area contributed by atoms with Gasteiger partial charge in [-0.05, 0) is 64.4 Å². The summed E-state index contributed by atoms with van der Waals surface area (Å²) in [5.41, 5.74) is 4.83. The molecular weight excluding hydrogens is 494 g/mol. The Bertz CT molecular complexity index is 1970. The molecule has 0 fully saturated rings. The van der Waals surface area contributed by atoms with E-state index in [-0.39, 0.29) is 6.61 Å². The number of carbonyl (C=O) groups excluding carboxylic acids is 1. The van der Waals surface area contributed by atoms with Gasteiger partial charge in [0.1, 0.15) is 12.2 Å². The maximum absolute atomic E-state index is 13.7. The lowest BCUT2D eigenvalue weighted by Crippen LogP contribution is -2.12. The first kappa shape index (κ1) is 22.6. The van der Waals surface area contributed by atoms with Crippen molar-refractivity contribution in [1.82, 2.24) is 4.98 Å². The standard InChI is InChI=1S/C32H21NO4S/c34-28-17-21(29-23-8-2-1-6-19(23)12-14-27(29)37-28)18-36-32(35)30-24-9-3-4-10-26(24)33-31-20(11-13-25(30)31)16-22-7-5-15-38-22/h1-10,12,14-17H,11,13,18H2. The summed E-state index contributed by atoms with van der Waals surface area (Å²) in [6.07, 6.45) is 3.69. The Hall–Kier alpha value is -4.55. The molecule has 3 heterocycles. The number of allylic oxidation sites excluding steroid dienone is 1. The topological polar surface area (TPSA) is 69.4 Å². The fourth-order valence-electron chi connectivity index (χ4n) is 5.41. The lowest BCUT2D eigenvalue weighted by atomic mass is 10.0. The summed E-state index contributed by atoms with van der Waals surface area (Å²) in [6.45, 7) is -0.0434. The second kappa shape index (κ2) is 9.08. The quantitative estimate of drug-likeness (QED) is 0.139. The predicted octanol–water partition coefficient (Wildman–Crippen LogP) is 7.40. The zero-order valence-corrected chi connectivity index (χ0v) is 21.1. The molecule has 0 N–H and O–H groups in total. The van der Waals surface area contributed by atoms with E-state index in [1.807, 2.05) is 60.7 Å². The molecule has 0 spiro atoms. The molecular formula is C32H21NO4S. The molecule has 0 amide bonds. The van der Waals surface area contributed by atoms with Crippen molar-refractivity contribution >= 4 is 61.6 Å². The van der Waals surface area contributed by atoms with Gasteiger partial charge in [0.2, 0.25) is 0 Å². The highest BCUT2D eigenvalue weighted by Gasteiger charge is 2.28. The highest BCUT2D eigenvalue weighted by molar-refractivity contribution is 7.10. The van der Waals surface area contributed by atoms with Crippen LogP contribution in [0.15, 0.2) is 93.5 Å². The Balaban J connectivity index is 1.31. The van der Waals surface area contributed by atoms with Crippen LogP contribution >= 0.6 is 11.3 Å². The molecule has 0 radical (unpaired) electrons. The van der Waals surface area contributed by atoms with Crippen molar-refractivity contribution in [2.75, 3.05) is 0 Å². The molecule has 0 aliphatic heterocycles. The second-order valence-corrected chi connectivity index (χ2v) is 10.3. The van der Waals surface area contributed by atoms with Crippen LogP contribution < -0.4 is 5.63 Å². The maximum atomic E-state index is 13.7. The first-order valence-electron chi connectivity index (χ1n) is 12.4. The lowest BCUT2D eigenvalue weighted by Gasteiger charge is -2.13. The zero-order chi connectivity index (χ0) is 25.6. The van der Waals surface area contributed by atoms with E-state index >= 15 is 0 Å². The van der Waals surface area contributed by atoms with Gasteiger partial charge in [0, 0.05) is 27.3 Å². The number of hydrogen-bond donors (Lipinski definition) is 0. The van der Waals surface area contributed by atoms with Crippen molar-refractivity contribution in [1.29, 1.82) is 0 Å². The molecule has 0 bridgehead atoms. The lowest BCUT2D eigenvalue weighted by molar-refractivity contribution is 0.0475. The predicted molar refractivity (Wildman–Crippen MR) is 151 cm³/mol. The fraction of sp³-hybridized carbons (Fsp3) is 0.0938. The van der Waals surface area contributed by atoms with Crippen LogP contribution in [0.5, 0.6) is 0 Å². The molecule has 6 heteroatoms. The number of benzene rings is 3. The van der Waals surface area contributed by atoms with Gasteiger partial charge in [-0.15, -0.1) is 11.3 Å². The highest BCUT2D eigenvalue weighted by Crippen LogP contribution is 2.38. The largest absolute Gasteiger partial charge is 0.457 e. The second-order valence-electron chi connectivity index (χ2n) is 9.34. The van der Waals surface area contributed by atoms with Crippen LogP contribution in [0.2, 0.25) is 0 Å². The van der Waals surface area contributed by atoms with Crippen LogP contribution in [0, 0.1) is 0 Å². The number of nitrogens with zero attached hydrogens (tertiary/aromatic N) is 1. The SMILES string of the molecule is O=C(OCc1cc(=O)oc2ccc3ccccc3c12)c1c2c(nc3ccccc13)C(=Cc1cccs1)CC2. The number of rotatable bonds is 4. The van der Waals surface area contributed by atoms with Crippen LogP contribution in [0.25, 0.3) is 44.3 Å². The number of pyridine rings is 1. The number of ether oxygens (including phenoxy) is 1. The van der Waals surface area contributed by atoms with Gasteiger partial charge in [-0.2, -0.15) is 0 Å². The van der Waals surface area contributed by atoms with Crippen molar-refractivity contribution in [3.8, 4) is 0 Å². The van der Waals surface area contributed by atoms with E-state index in [1.54, 1.807) is 17.4 Å². The minimum atomic E-state index is -0.475. The molecule has 184 valence electrons. The third-order valence-electron chi connectivity index (χ3n) is 7.08. The van der Waals surface area contributed by atoms with Gasteiger partial charge in [0.25, 0.3) is 0 Å². The minimum Gasteiger partial charge on any atom is -0.457 e. The van der Waals surface area contributed by atoms with Gasteiger partial charge < -0.3 is 9.15 Å². The zero-order valence-electron chi connectivity index (χ0n) is 20.3. The maximum Gasteiger partial charge on any atom is 0.339 e. The number of thiophene rings is 1. The Kier molecular flexibility index (Phi) is 5.41. The number of para-hydroxylation sites is 1. The third kappa shape index (κ3) is 3.81. The fourth-order valence-corrected chi connectivity index (χ4v) is 6.09. The first-order chi connectivity index (χ1) is 18.7. The Labute approximate surface area is 221 Å². The van der Waals surface area contributed by atoms with Gasteiger partial charge in [0.05, 0.1) is 16.8 Å².